The maximum atomic E-state index is 12.7. The largest absolute Gasteiger partial charge is 0.484 e. The molecule has 32 heavy (non-hydrogen) atoms. The minimum Gasteiger partial charge on any atom is -0.484 e. The minimum absolute atomic E-state index is 0.158. The molecule has 0 aliphatic rings. The number of benzene rings is 3. The number of anilines is 1. The van der Waals surface area contributed by atoms with Gasteiger partial charge < -0.3 is 10.1 Å². The lowest BCUT2D eigenvalue weighted by Gasteiger charge is -2.08. The van der Waals surface area contributed by atoms with Crippen LogP contribution in [0.3, 0.4) is 0 Å². The van der Waals surface area contributed by atoms with Gasteiger partial charge in [-0.3, -0.25) is 9.59 Å². The van der Waals surface area contributed by atoms with Crippen LogP contribution in [-0.2, 0) is 11.0 Å². The van der Waals surface area contributed by atoms with Crippen LogP contribution in [0.4, 0.5) is 18.9 Å². The van der Waals surface area contributed by atoms with Crippen molar-refractivity contribution in [1.82, 2.24) is 5.43 Å². The molecule has 0 bridgehead atoms. The zero-order chi connectivity index (χ0) is 23.0. The summed E-state index contributed by atoms with van der Waals surface area (Å²) in [5.41, 5.74) is 2.38. The lowest BCUT2D eigenvalue weighted by Crippen LogP contribution is -2.20. The normalized spacial score (nSPS) is 11.2. The Morgan fingerprint density at radius 3 is 2.34 bits per heavy atom. The third-order valence-electron chi connectivity index (χ3n) is 4.14. The Morgan fingerprint density at radius 2 is 1.66 bits per heavy atom. The van der Waals surface area contributed by atoms with Gasteiger partial charge in [0.25, 0.3) is 11.8 Å². The van der Waals surface area contributed by atoms with Gasteiger partial charge >= 0.3 is 6.18 Å². The first kappa shape index (κ1) is 22.5. The number of ether oxygens (including phenoxy) is 1. The highest BCUT2D eigenvalue weighted by molar-refractivity contribution is 5.95. The van der Waals surface area contributed by atoms with E-state index in [-0.39, 0.29) is 18.1 Å². The standard InChI is InChI=1S/C23H18F3N3O3/c24-23(25,26)18-6-4-5-17(13-18)22(31)29-27-14-16-9-11-20(12-10-16)32-15-21(30)28-19-7-2-1-3-8-19/h1-14H,15H2,(H,28,30)(H,29,31)/b27-14-. The third-order valence-corrected chi connectivity index (χ3v) is 4.14. The average Bonchev–Trinajstić information content (AvgIpc) is 2.79. The molecule has 0 spiro atoms. The summed E-state index contributed by atoms with van der Waals surface area (Å²) in [7, 11) is 0. The van der Waals surface area contributed by atoms with Crippen molar-refractivity contribution in [2.75, 3.05) is 11.9 Å². The van der Waals surface area contributed by atoms with Crippen LogP contribution < -0.4 is 15.5 Å². The first-order valence-electron chi connectivity index (χ1n) is 9.40. The molecule has 0 heterocycles. The maximum Gasteiger partial charge on any atom is 0.416 e. The van der Waals surface area contributed by atoms with Gasteiger partial charge in [-0.25, -0.2) is 5.43 Å². The molecular weight excluding hydrogens is 423 g/mol. The van der Waals surface area contributed by atoms with E-state index in [9.17, 15) is 22.8 Å². The molecule has 3 aromatic rings. The molecule has 2 amide bonds. The summed E-state index contributed by atoms with van der Waals surface area (Å²) < 4.78 is 43.6. The van der Waals surface area contributed by atoms with Gasteiger partial charge in [0.05, 0.1) is 11.8 Å². The fourth-order valence-electron chi connectivity index (χ4n) is 2.58. The molecule has 0 atom stereocenters. The number of hydrogen-bond donors (Lipinski definition) is 2. The molecule has 0 radical (unpaired) electrons. The van der Waals surface area contributed by atoms with Crippen LogP contribution in [0.1, 0.15) is 21.5 Å². The third kappa shape index (κ3) is 6.69. The molecule has 0 aliphatic carbocycles. The van der Waals surface area contributed by atoms with E-state index >= 15 is 0 Å². The molecule has 0 saturated carbocycles. The summed E-state index contributed by atoms with van der Waals surface area (Å²) in [6, 6.07) is 19.5. The molecule has 164 valence electrons. The van der Waals surface area contributed by atoms with Crippen molar-refractivity contribution in [3.8, 4) is 5.75 Å². The average molecular weight is 441 g/mol. The van der Waals surface area contributed by atoms with Gasteiger partial charge in [0.1, 0.15) is 5.75 Å². The molecule has 0 fully saturated rings. The van der Waals surface area contributed by atoms with Crippen molar-refractivity contribution in [3.63, 3.8) is 0 Å². The van der Waals surface area contributed by atoms with E-state index in [4.69, 9.17) is 4.74 Å². The highest BCUT2D eigenvalue weighted by Crippen LogP contribution is 2.29. The van der Waals surface area contributed by atoms with Crippen LogP contribution in [0.2, 0.25) is 0 Å². The Labute approximate surface area is 181 Å². The van der Waals surface area contributed by atoms with Crippen molar-refractivity contribution in [1.29, 1.82) is 0 Å². The monoisotopic (exact) mass is 441 g/mol. The summed E-state index contributed by atoms with van der Waals surface area (Å²) >= 11 is 0. The Hall–Kier alpha value is -4.14. The van der Waals surface area contributed by atoms with Gasteiger partial charge in [-0.2, -0.15) is 18.3 Å². The lowest BCUT2D eigenvalue weighted by atomic mass is 10.1. The number of halogens is 3. The van der Waals surface area contributed by atoms with E-state index in [1.807, 2.05) is 6.07 Å². The van der Waals surface area contributed by atoms with Crippen LogP contribution in [0, 0.1) is 0 Å². The summed E-state index contributed by atoms with van der Waals surface area (Å²) in [6.07, 6.45) is -3.21. The van der Waals surface area contributed by atoms with Crippen molar-refractivity contribution in [2.45, 2.75) is 6.18 Å². The summed E-state index contributed by atoms with van der Waals surface area (Å²) in [4.78, 5) is 23.9. The molecule has 0 aliphatic heterocycles. The van der Waals surface area contributed by atoms with E-state index in [0.717, 1.165) is 18.2 Å². The summed E-state index contributed by atoms with van der Waals surface area (Å²) in [6.45, 7) is -0.171. The highest BCUT2D eigenvalue weighted by atomic mass is 19.4. The Balaban J connectivity index is 1.49. The fraction of sp³-hybridized carbons (Fsp3) is 0.0870. The molecule has 0 saturated heterocycles. The molecule has 3 rings (SSSR count). The number of nitrogens with one attached hydrogen (secondary N) is 2. The predicted molar refractivity (Wildman–Crippen MR) is 114 cm³/mol. The second kappa shape index (κ2) is 10.3. The van der Waals surface area contributed by atoms with E-state index in [1.165, 1.54) is 12.3 Å². The number of para-hydroxylation sites is 1. The van der Waals surface area contributed by atoms with Gasteiger partial charge in [0.15, 0.2) is 6.61 Å². The minimum atomic E-state index is -4.54. The van der Waals surface area contributed by atoms with Crippen LogP contribution in [0.5, 0.6) is 5.75 Å². The number of hydrogen-bond acceptors (Lipinski definition) is 4. The number of carbonyl (C=O) groups excluding carboxylic acids is 2. The molecular formula is C23H18F3N3O3. The molecule has 9 heteroatoms. The zero-order valence-corrected chi connectivity index (χ0v) is 16.6. The quantitative estimate of drug-likeness (QED) is 0.419. The number of alkyl halides is 3. The SMILES string of the molecule is O=C(COc1ccc(/C=N\NC(=O)c2cccc(C(F)(F)F)c2)cc1)Nc1ccccc1. The number of carbonyl (C=O) groups is 2. The topological polar surface area (TPSA) is 79.8 Å². The van der Waals surface area contributed by atoms with Crippen LogP contribution in [0.15, 0.2) is 84.0 Å². The van der Waals surface area contributed by atoms with E-state index in [0.29, 0.717) is 17.0 Å². The summed E-state index contributed by atoms with van der Waals surface area (Å²) in [5.74, 6) is -0.616. The molecule has 2 N–H and O–H groups in total. The van der Waals surface area contributed by atoms with Crippen LogP contribution >= 0.6 is 0 Å². The number of hydrazone groups is 1. The smallest absolute Gasteiger partial charge is 0.416 e. The first-order chi connectivity index (χ1) is 15.3. The fourth-order valence-corrected chi connectivity index (χ4v) is 2.58. The molecule has 6 nitrogen and oxygen atoms in total. The van der Waals surface area contributed by atoms with Gasteiger partial charge in [0, 0.05) is 11.3 Å². The Bertz CT molecular complexity index is 1100. The van der Waals surface area contributed by atoms with Gasteiger partial charge in [0.2, 0.25) is 0 Å². The van der Waals surface area contributed by atoms with Gasteiger partial charge in [-0.15, -0.1) is 0 Å². The lowest BCUT2D eigenvalue weighted by molar-refractivity contribution is -0.137. The number of rotatable bonds is 7. The zero-order valence-electron chi connectivity index (χ0n) is 16.6. The summed E-state index contributed by atoms with van der Waals surface area (Å²) in [5, 5.41) is 6.45. The maximum absolute atomic E-state index is 12.7. The van der Waals surface area contributed by atoms with Gasteiger partial charge in [-0.1, -0.05) is 24.3 Å². The second-order valence-corrected chi connectivity index (χ2v) is 6.55. The first-order valence-corrected chi connectivity index (χ1v) is 9.40. The van der Waals surface area contributed by atoms with Gasteiger partial charge in [-0.05, 0) is 60.2 Å². The van der Waals surface area contributed by atoms with Crippen molar-refractivity contribution >= 4 is 23.7 Å². The van der Waals surface area contributed by atoms with E-state index in [1.54, 1.807) is 48.5 Å². The van der Waals surface area contributed by atoms with Crippen LogP contribution in [0.25, 0.3) is 0 Å². The number of nitrogens with zero attached hydrogens (tertiary/aromatic N) is 1. The second-order valence-electron chi connectivity index (χ2n) is 6.55. The van der Waals surface area contributed by atoms with E-state index in [2.05, 4.69) is 15.8 Å². The highest BCUT2D eigenvalue weighted by Gasteiger charge is 2.30. The van der Waals surface area contributed by atoms with Crippen LogP contribution in [-0.4, -0.2) is 24.6 Å². The van der Waals surface area contributed by atoms with Crippen molar-refractivity contribution in [3.05, 3.63) is 95.6 Å². The predicted octanol–water partition coefficient (Wildman–Crippen LogP) is 4.49. The van der Waals surface area contributed by atoms with E-state index < -0.39 is 17.6 Å². The van der Waals surface area contributed by atoms with Crippen molar-refractivity contribution < 1.29 is 27.5 Å². The number of amides is 2. The molecule has 0 unspecified atom stereocenters. The molecule has 0 aromatic heterocycles. The Kier molecular flexibility index (Phi) is 7.22. The molecule has 3 aromatic carbocycles. The Morgan fingerprint density at radius 1 is 0.938 bits per heavy atom. The van der Waals surface area contributed by atoms with Crippen molar-refractivity contribution in [2.24, 2.45) is 5.10 Å².